The third kappa shape index (κ3) is 16.1. The van der Waals surface area contributed by atoms with Crippen LogP contribution in [0.15, 0.2) is 30.3 Å². The van der Waals surface area contributed by atoms with Gasteiger partial charge in [-0.15, -0.1) is 0 Å². The van der Waals surface area contributed by atoms with Crippen LogP contribution in [0.4, 0.5) is 0 Å². The molecule has 0 N–H and O–H groups in total. The first-order valence-corrected chi connectivity index (χ1v) is 14.7. The Kier molecular flexibility index (Phi) is 21.3. The van der Waals surface area contributed by atoms with Crippen molar-refractivity contribution in [2.45, 2.75) is 13.0 Å². The van der Waals surface area contributed by atoms with Crippen molar-refractivity contribution in [3.63, 3.8) is 0 Å². The molecule has 0 fully saturated rings. The number of carbonyl (C=O) groups is 1. The minimum absolute atomic E-state index is 0. The molecule has 1 amide bonds. The molecule has 2 aromatic carbocycles. The van der Waals surface area contributed by atoms with Crippen LogP contribution in [0.5, 0.6) is 23.0 Å². The summed E-state index contributed by atoms with van der Waals surface area (Å²) in [4.78, 5) is 14.1. The van der Waals surface area contributed by atoms with Crippen molar-refractivity contribution in [2.75, 3.05) is 6.54 Å². The summed E-state index contributed by atoms with van der Waals surface area (Å²) in [6.45, 7) is -0.463. The first kappa shape index (κ1) is 47.4. The molecule has 0 atom stereocenters. The number of amides is 1. The van der Waals surface area contributed by atoms with E-state index in [1.165, 1.54) is 0 Å². The van der Waals surface area contributed by atoms with E-state index in [4.69, 9.17) is 0 Å². The predicted octanol–water partition coefficient (Wildman–Crippen LogP) is -13.7. The summed E-state index contributed by atoms with van der Waals surface area (Å²) in [6.07, 6.45) is -0.0470. The van der Waals surface area contributed by atoms with Gasteiger partial charge in [0, 0.05) is 18.7 Å². The summed E-state index contributed by atoms with van der Waals surface area (Å²) in [5.74, 6) is -4.87. The van der Waals surface area contributed by atoms with Gasteiger partial charge in [-0.3, -0.25) is 4.79 Å². The molecular weight excluding hydrogens is 763 g/mol. The van der Waals surface area contributed by atoms with Crippen molar-refractivity contribution in [3.05, 3.63) is 47.0 Å². The Morgan fingerprint density at radius 2 is 0.976 bits per heavy atom. The van der Waals surface area contributed by atoms with Crippen LogP contribution in [0, 0.1) is 0 Å². The minimum atomic E-state index is -5.52. The molecule has 0 bridgehead atoms. The molecule has 1 aliphatic heterocycles. The number of fused-ring (bicyclic) bond motifs is 1. The van der Waals surface area contributed by atoms with E-state index in [2.05, 4.69) is 16.7 Å². The molecule has 0 unspecified atom stereocenters. The molecule has 0 spiro atoms. The fourth-order valence-corrected chi connectivity index (χ4v) is 4.67. The van der Waals surface area contributed by atoms with Gasteiger partial charge in [-0.25, -0.2) is 33.7 Å². The monoisotopic (exact) mass is 773 g/mol. The Balaban J connectivity index is 0. The summed E-state index contributed by atoms with van der Waals surface area (Å²) >= 11 is 0. The van der Waals surface area contributed by atoms with Gasteiger partial charge in [-0.1, -0.05) is 0 Å². The second-order valence-electron chi connectivity index (χ2n) is 7.17. The average molecular weight is 774 g/mol. The van der Waals surface area contributed by atoms with Crippen molar-refractivity contribution in [1.29, 1.82) is 0 Å². The van der Waals surface area contributed by atoms with Crippen LogP contribution in [0.3, 0.4) is 0 Å². The molecule has 0 saturated heterocycles. The van der Waals surface area contributed by atoms with E-state index < -0.39 is 76.1 Å². The standard InChI is InChI=1S/C16H15NO17S4.4K/c18-16(10-1-2-12(31-35(19,20)21)13(6-10)32-36(22,23)24)17-4-3-9-5-14(33-37(25,26)27)15(7-11(9)8-17)34-38(28,29)30;;;;/h1-2,5-7H,3-4,8H2,(H,19,20,21)(H,22,23,24)(H,25,26,27)(H,28,29,30);;;;/q;4*+1/p-4. The first-order chi connectivity index (χ1) is 17.2. The summed E-state index contributed by atoms with van der Waals surface area (Å²) < 4.78 is 148. The van der Waals surface area contributed by atoms with E-state index in [9.17, 15) is 56.7 Å². The molecule has 1 aliphatic rings. The number of nitrogens with zero attached hydrogens (tertiary/aromatic N) is 1. The first-order valence-electron chi connectivity index (χ1n) is 9.39. The number of rotatable bonds is 9. The van der Waals surface area contributed by atoms with Crippen molar-refractivity contribution in [3.8, 4) is 23.0 Å². The Morgan fingerprint density at radius 3 is 1.40 bits per heavy atom. The van der Waals surface area contributed by atoms with Gasteiger partial charge in [0.1, 0.15) is 0 Å². The molecule has 3 rings (SSSR count). The summed E-state index contributed by atoms with van der Waals surface area (Å²) in [7, 11) is -21.8. The zero-order chi connectivity index (χ0) is 28.7. The van der Waals surface area contributed by atoms with Gasteiger partial charge in [0.15, 0.2) is 23.0 Å². The smallest absolute Gasteiger partial charge is 0.716 e. The molecular formula is C16H11K4NO17S4. The van der Waals surface area contributed by atoms with Crippen LogP contribution in [0.1, 0.15) is 21.5 Å². The van der Waals surface area contributed by atoms with Crippen LogP contribution < -0.4 is 222 Å². The van der Waals surface area contributed by atoms with Gasteiger partial charge in [0.2, 0.25) is 0 Å². The zero-order valence-electron chi connectivity index (χ0n) is 22.0. The number of hydrogen-bond donors (Lipinski definition) is 0. The molecule has 0 radical (unpaired) electrons. The largest absolute Gasteiger partial charge is 1.00 e. The van der Waals surface area contributed by atoms with Crippen LogP contribution in [0.25, 0.3) is 0 Å². The average Bonchev–Trinajstić information content (AvgIpc) is 2.70. The van der Waals surface area contributed by atoms with Gasteiger partial charge in [0.05, 0.1) is 0 Å². The quantitative estimate of drug-likeness (QED) is 0.130. The van der Waals surface area contributed by atoms with Gasteiger partial charge in [-0.05, 0) is 47.9 Å². The molecule has 2 aromatic rings. The van der Waals surface area contributed by atoms with E-state index in [1.807, 2.05) is 0 Å². The Bertz CT molecular complexity index is 1730. The maximum atomic E-state index is 13.0. The number of hydrogen-bond acceptors (Lipinski definition) is 17. The minimum Gasteiger partial charge on any atom is -0.716 e. The normalized spacial score (nSPS) is 13.0. The van der Waals surface area contributed by atoms with E-state index in [-0.39, 0.29) is 236 Å². The summed E-state index contributed by atoms with van der Waals surface area (Å²) in [5.41, 5.74) is -0.0251. The zero-order valence-corrected chi connectivity index (χ0v) is 37.8. The maximum Gasteiger partial charge on any atom is 1.00 e. The summed E-state index contributed by atoms with van der Waals surface area (Å²) in [6, 6.07) is 3.91. The Morgan fingerprint density at radius 1 is 0.595 bits per heavy atom. The fourth-order valence-electron chi connectivity index (χ4n) is 3.27. The van der Waals surface area contributed by atoms with E-state index in [0.29, 0.717) is 12.1 Å². The van der Waals surface area contributed by atoms with Gasteiger partial charge < -0.3 is 39.8 Å². The van der Waals surface area contributed by atoms with E-state index in [0.717, 1.165) is 23.1 Å². The Hall–Kier alpha value is 3.30. The fraction of sp³-hybridized carbons (Fsp3) is 0.188. The van der Waals surface area contributed by atoms with E-state index >= 15 is 0 Å². The number of benzene rings is 2. The Labute approximate surface area is 410 Å². The van der Waals surface area contributed by atoms with Crippen molar-refractivity contribution < 1.29 is 279 Å². The van der Waals surface area contributed by atoms with Gasteiger partial charge >= 0.3 is 206 Å². The van der Waals surface area contributed by atoms with Crippen molar-refractivity contribution in [2.24, 2.45) is 0 Å². The molecule has 0 aromatic heterocycles. The van der Waals surface area contributed by atoms with Crippen LogP contribution in [-0.4, -0.2) is 69.2 Å². The topological polar surface area (TPSA) is 286 Å². The van der Waals surface area contributed by atoms with Gasteiger partial charge in [0.25, 0.3) is 47.5 Å². The number of carbonyl (C=O) groups excluding carboxylic acids is 1. The molecule has 210 valence electrons. The van der Waals surface area contributed by atoms with Crippen LogP contribution in [-0.2, 0) is 54.6 Å². The van der Waals surface area contributed by atoms with E-state index in [1.54, 1.807) is 0 Å². The second kappa shape index (κ2) is 18.9. The molecule has 42 heavy (non-hydrogen) atoms. The molecule has 18 nitrogen and oxygen atoms in total. The van der Waals surface area contributed by atoms with Crippen LogP contribution >= 0.6 is 0 Å². The van der Waals surface area contributed by atoms with Crippen molar-refractivity contribution in [1.82, 2.24) is 4.90 Å². The molecule has 0 saturated carbocycles. The SMILES string of the molecule is O=C(c1ccc(OS(=O)(=O)[O-])c(OS(=O)(=O)[O-])c1)N1CCc2cc(OS(=O)(=O)[O-])c(OS(=O)(=O)[O-])cc2C1.[K+].[K+].[K+].[K+]. The third-order valence-corrected chi connectivity index (χ3v) is 6.06. The molecule has 26 heteroatoms. The second-order valence-corrected chi connectivity index (χ2v) is 11.1. The summed E-state index contributed by atoms with van der Waals surface area (Å²) in [5, 5.41) is 0. The van der Waals surface area contributed by atoms with Crippen LogP contribution in [0.2, 0.25) is 0 Å². The predicted molar refractivity (Wildman–Crippen MR) is 113 cm³/mol. The van der Waals surface area contributed by atoms with Crippen molar-refractivity contribution >= 4 is 47.5 Å². The molecule has 1 heterocycles. The maximum absolute atomic E-state index is 13.0. The molecule has 0 aliphatic carbocycles. The third-order valence-electron chi connectivity index (χ3n) is 4.52. The van der Waals surface area contributed by atoms with Gasteiger partial charge in [-0.2, -0.15) is 0 Å².